The first kappa shape index (κ1) is 20.1. The van der Waals surface area contributed by atoms with Crippen LogP contribution >= 0.6 is 24.0 Å². The molecule has 1 aromatic carbocycles. The Labute approximate surface area is 153 Å². The molecule has 1 heterocycles. The number of benzene rings is 1. The second kappa shape index (κ2) is 9.36. The Morgan fingerprint density at radius 2 is 2.17 bits per heavy atom. The van der Waals surface area contributed by atoms with Crippen molar-refractivity contribution in [2.45, 2.75) is 32.7 Å². The van der Waals surface area contributed by atoms with Crippen molar-refractivity contribution in [2.24, 2.45) is 16.6 Å². The van der Waals surface area contributed by atoms with Crippen LogP contribution in [0.25, 0.3) is 0 Å². The van der Waals surface area contributed by atoms with Gasteiger partial charge in [0.15, 0.2) is 5.96 Å². The highest BCUT2D eigenvalue weighted by molar-refractivity contribution is 14.0. The first-order valence-electron chi connectivity index (χ1n) is 7.71. The van der Waals surface area contributed by atoms with Crippen LogP contribution in [0.2, 0.25) is 0 Å². The third kappa shape index (κ3) is 6.21. The van der Waals surface area contributed by atoms with E-state index in [1.807, 2.05) is 0 Å². The Morgan fingerprint density at radius 1 is 1.43 bits per heavy atom. The van der Waals surface area contributed by atoms with Crippen molar-refractivity contribution < 1.29 is 8.78 Å². The number of hydrogen-bond acceptors (Lipinski definition) is 2. The fourth-order valence-corrected chi connectivity index (χ4v) is 2.79. The predicted molar refractivity (Wildman–Crippen MR) is 101 cm³/mol. The van der Waals surface area contributed by atoms with Gasteiger partial charge in [-0.15, -0.1) is 24.0 Å². The summed E-state index contributed by atoms with van der Waals surface area (Å²) in [5, 5.41) is 2.62. The lowest BCUT2D eigenvalue weighted by Gasteiger charge is -2.24. The summed E-state index contributed by atoms with van der Waals surface area (Å²) < 4.78 is 26.6. The summed E-state index contributed by atoms with van der Waals surface area (Å²) in [7, 11) is 0. The molecule has 0 radical (unpaired) electrons. The van der Waals surface area contributed by atoms with Crippen molar-refractivity contribution in [1.29, 1.82) is 0 Å². The Morgan fingerprint density at radius 3 is 2.87 bits per heavy atom. The van der Waals surface area contributed by atoms with E-state index < -0.39 is 11.6 Å². The lowest BCUT2D eigenvalue weighted by Crippen LogP contribution is -2.35. The molecule has 7 heteroatoms. The Hall–Kier alpha value is -0.960. The average Bonchev–Trinajstić information content (AvgIpc) is 2.87. The van der Waals surface area contributed by atoms with E-state index >= 15 is 0 Å². The normalized spacial score (nSPS) is 19.0. The molecule has 1 aliphatic heterocycles. The Kier molecular flexibility index (Phi) is 8.18. The lowest BCUT2D eigenvalue weighted by molar-refractivity contribution is 0.231. The van der Waals surface area contributed by atoms with E-state index in [1.165, 1.54) is 6.42 Å². The highest BCUT2D eigenvalue weighted by Crippen LogP contribution is 2.19. The minimum atomic E-state index is -0.554. The zero-order valence-corrected chi connectivity index (χ0v) is 15.9. The van der Waals surface area contributed by atoms with Gasteiger partial charge in [0.05, 0.1) is 12.2 Å². The molecule has 0 aromatic heterocycles. The van der Waals surface area contributed by atoms with Gasteiger partial charge in [-0.2, -0.15) is 0 Å². The molecule has 0 aliphatic carbocycles. The topological polar surface area (TPSA) is 53.6 Å². The Balaban J connectivity index is 0.00000264. The van der Waals surface area contributed by atoms with Crippen LogP contribution in [0.1, 0.15) is 26.7 Å². The van der Waals surface area contributed by atoms with Crippen molar-refractivity contribution in [2.75, 3.05) is 25.0 Å². The van der Waals surface area contributed by atoms with Crippen molar-refractivity contribution >= 4 is 35.6 Å². The summed E-state index contributed by atoms with van der Waals surface area (Å²) >= 11 is 0. The highest BCUT2D eigenvalue weighted by Gasteiger charge is 2.24. The summed E-state index contributed by atoms with van der Waals surface area (Å²) in [6.45, 7) is 7.10. The zero-order chi connectivity index (χ0) is 16.1. The average molecular weight is 438 g/mol. The molecule has 0 spiro atoms. The summed E-state index contributed by atoms with van der Waals surface area (Å²) in [6, 6.07) is 3.57. The fourth-order valence-electron chi connectivity index (χ4n) is 2.79. The summed E-state index contributed by atoms with van der Waals surface area (Å²) in [5.41, 5.74) is 5.79. The van der Waals surface area contributed by atoms with Gasteiger partial charge in [0.2, 0.25) is 0 Å². The lowest BCUT2D eigenvalue weighted by atomic mass is 10.2. The summed E-state index contributed by atoms with van der Waals surface area (Å²) in [4.78, 5) is 6.70. The number of guanidine groups is 1. The molecule has 1 atom stereocenters. The molecular weight excluding hydrogens is 413 g/mol. The molecule has 0 saturated carbocycles. The number of halogens is 3. The van der Waals surface area contributed by atoms with E-state index in [4.69, 9.17) is 5.73 Å². The SMILES string of the molecule is CC(C)CN1CCC[C@@H]1CN=C(N)Nc1cc(F)ccc1F.I. The van der Waals surface area contributed by atoms with Gasteiger partial charge >= 0.3 is 0 Å². The quantitative estimate of drug-likeness (QED) is 0.421. The van der Waals surface area contributed by atoms with Crippen LogP contribution in [0.5, 0.6) is 0 Å². The van der Waals surface area contributed by atoms with E-state index in [9.17, 15) is 8.78 Å². The maximum absolute atomic E-state index is 13.5. The van der Waals surface area contributed by atoms with E-state index in [1.54, 1.807) is 0 Å². The molecule has 4 nitrogen and oxygen atoms in total. The number of nitrogens with two attached hydrogens (primary N) is 1. The van der Waals surface area contributed by atoms with Gasteiger partial charge < -0.3 is 11.1 Å². The molecule has 23 heavy (non-hydrogen) atoms. The van der Waals surface area contributed by atoms with Gasteiger partial charge in [0.1, 0.15) is 11.6 Å². The summed E-state index contributed by atoms with van der Waals surface area (Å²) in [5.74, 6) is -0.347. The van der Waals surface area contributed by atoms with Crippen LogP contribution in [-0.2, 0) is 0 Å². The molecule has 130 valence electrons. The van der Waals surface area contributed by atoms with Crippen molar-refractivity contribution in [3.8, 4) is 0 Å². The minimum absolute atomic E-state index is 0. The number of anilines is 1. The molecule has 1 saturated heterocycles. The molecule has 2 rings (SSSR count). The zero-order valence-electron chi connectivity index (χ0n) is 13.6. The van der Waals surface area contributed by atoms with Crippen LogP contribution in [0, 0.1) is 17.6 Å². The first-order chi connectivity index (χ1) is 10.5. The third-order valence-electron chi connectivity index (χ3n) is 3.76. The van der Waals surface area contributed by atoms with Gasteiger partial charge in [0, 0.05) is 18.7 Å². The highest BCUT2D eigenvalue weighted by atomic mass is 127. The summed E-state index contributed by atoms with van der Waals surface area (Å²) in [6.07, 6.45) is 2.26. The van der Waals surface area contributed by atoms with E-state index in [2.05, 4.69) is 29.1 Å². The second-order valence-electron chi connectivity index (χ2n) is 6.16. The monoisotopic (exact) mass is 438 g/mol. The standard InChI is InChI=1S/C16H24F2N4.HI/c1-11(2)10-22-7-3-4-13(22)9-20-16(19)21-15-8-12(17)5-6-14(15)18;/h5-6,8,11,13H,3-4,7,9-10H2,1-2H3,(H3,19,20,21);1H/t13-;/m1./s1. The van der Waals surface area contributed by atoms with E-state index in [0.717, 1.165) is 37.7 Å². The van der Waals surface area contributed by atoms with Gasteiger partial charge in [-0.3, -0.25) is 9.89 Å². The van der Waals surface area contributed by atoms with Gasteiger partial charge in [-0.05, 0) is 37.4 Å². The Bertz CT molecular complexity index is 537. The van der Waals surface area contributed by atoms with Gasteiger partial charge in [0.25, 0.3) is 0 Å². The smallest absolute Gasteiger partial charge is 0.193 e. The molecule has 0 unspecified atom stereocenters. The van der Waals surface area contributed by atoms with Crippen LogP contribution in [-0.4, -0.2) is 36.5 Å². The first-order valence-corrected chi connectivity index (χ1v) is 7.71. The fraction of sp³-hybridized carbons (Fsp3) is 0.562. The minimum Gasteiger partial charge on any atom is -0.370 e. The number of nitrogens with one attached hydrogen (secondary N) is 1. The van der Waals surface area contributed by atoms with Gasteiger partial charge in [-0.25, -0.2) is 8.78 Å². The van der Waals surface area contributed by atoms with Crippen LogP contribution in [0.3, 0.4) is 0 Å². The van der Waals surface area contributed by atoms with E-state index in [0.29, 0.717) is 18.5 Å². The van der Waals surface area contributed by atoms with E-state index in [-0.39, 0.29) is 35.6 Å². The number of rotatable bonds is 5. The number of hydrogen-bond donors (Lipinski definition) is 2. The molecule has 0 amide bonds. The maximum atomic E-state index is 13.5. The van der Waals surface area contributed by atoms with Crippen molar-refractivity contribution in [3.63, 3.8) is 0 Å². The predicted octanol–water partition coefficient (Wildman–Crippen LogP) is 3.43. The van der Waals surface area contributed by atoms with Crippen LogP contribution < -0.4 is 11.1 Å². The molecule has 1 aromatic rings. The number of nitrogens with zero attached hydrogens (tertiary/aromatic N) is 2. The maximum Gasteiger partial charge on any atom is 0.193 e. The second-order valence-corrected chi connectivity index (χ2v) is 6.16. The molecule has 1 fully saturated rings. The van der Waals surface area contributed by atoms with Gasteiger partial charge in [-0.1, -0.05) is 13.8 Å². The van der Waals surface area contributed by atoms with Crippen molar-refractivity contribution in [3.05, 3.63) is 29.8 Å². The molecule has 3 N–H and O–H groups in total. The largest absolute Gasteiger partial charge is 0.370 e. The van der Waals surface area contributed by atoms with Crippen molar-refractivity contribution in [1.82, 2.24) is 4.90 Å². The molecular formula is C16H25F2IN4. The molecule has 1 aliphatic rings. The number of aliphatic imine (C=N–C) groups is 1. The third-order valence-corrected chi connectivity index (χ3v) is 3.76. The van der Waals surface area contributed by atoms with Crippen LogP contribution in [0.4, 0.5) is 14.5 Å². The van der Waals surface area contributed by atoms with Crippen LogP contribution in [0.15, 0.2) is 23.2 Å². The number of likely N-dealkylation sites (tertiary alicyclic amines) is 1. The molecule has 0 bridgehead atoms.